The van der Waals surface area contributed by atoms with E-state index >= 15 is 0 Å². The first kappa shape index (κ1) is 25.9. The minimum atomic E-state index is -0.327. The maximum absolute atomic E-state index is 10.8. The fraction of sp³-hybridized carbons (Fsp3) is 0.259. The summed E-state index contributed by atoms with van der Waals surface area (Å²) in [5, 5.41) is 17.8. The molecule has 0 aliphatic carbocycles. The summed E-state index contributed by atoms with van der Waals surface area (Å²) in [5.74, 6) is 0.351. The van der Waals surface area contributed by atoms with Gasteiger partial charge in [-0.25, -0.2) is 4.98 Å². The van der Waals surface area contributed by atoms with Gasteiger partial charge in [0.05, 0.1) is 27.3 Å². The Balaban J connectivity index is 1.34. The Morgan fingerprint density at radius 1 is 0.838 bits per heavy atom. The molecule has 0 aliphatic heterocycles. The second-order valence-electron chi connectivity index (χ2n) is 7.92. The maximum Gasteiger partial charge on any atom is 0.302 e. The van der Waals surface area contributed by atoms with Crippen LogP contribution in [0.5, 0.6) is 5.75 Å². The van der Waals surface area contributed by atoms with Gasteiger partial charge in [0.2, 0.25) is 5.13 Å². The smallest absolute Gasteiger partial charge is 0.302 e. The van der Waals surface area contributed by atoms with Crippen LogP contribution in [0, 0.1) is 0 Å². The Hall–Kier alpha value is -4.18. The number of aromatic nitrogens is 1. The molecule has 0 spiro atoms. The molecule has 1 aromatic heterocycles. The lowest BCUT2D eigenvalue weighted by Gasteiger charge is -2.20. The summed E-state index contributed by atoms with van der Waals surface area (Å²) in [6.45, 7) is 8.08. The Labute approximate surface area is 219 Å². The van der Waals surface area contributed by atoms with Gasteiger partial charge >= 0.3 is 5.97 Å². The van der Waals surface area contributed by atoms with E-state index in [9.17, 15) is 4.79 Å². The standard InChI is InChI=1S/C27H28N6O3S/c1-4-33(5-2)23-12-10-22(11-13-23)30-29-20-6-8-21(9-7-20)31-32-27-28-25-15-14-24(18-26(25)37-27)36-17-16-35-19(3)34/h6-15,18H,4-5,16-17H2,1-3H3/b30-29+,32-31+. The van der Waals surface area contributed by atoms with Gasteiger partial charge in [0, 0.05) is 25.7 Å². The fourth-order valence-electron chi connectivity index (χ4n) is 3.49. The Morgan fingerprint density at radius 2 is 1.43 bits per heavy atom. The summed E-state index contributed by atoms with van der Waals surface area (Å²) >= 11 is 1.42. The molecule has 9 nitrogen and oxygen atoms in total. The van der Waals surface area contributed by atoms with Gasteiger partial charge in [0.1, 0.15) is 19.0 Å². The normalized spacial score (nSPS) is 11.4. The number of hydrogen-bond acceptors (Lipinski definition) is 10. The lowest BCUT2D eigenvalue weighted by molar-refractivity contribution is -0.141. The zero-order valence-electron chi connectivity index (χ0n) is 21.0. The lowest BCUT2D eigenvalue weighted by atomic mass is 10.2. The minimum absolute atomic E-state index is 0.208. The van der Waals surface area contributed by atoms with Gasteiger partial charge in [-0.1, -0.05) is 11.3 Å². The minimum Gasteiger partial charge on any atom is -0.490 e. The molecule has 10 heteroatoms. The van der Waals surface area contributed by atoms with Crippen LogP contribution in [-0.4, -0.2) is 37.3 Å². The number of esters is 1. The number of benzene rings is 3. The molecule has 0 amide bonds. The predicted molar refractivity (Wildman–Crippen MR) is 147 cm³/mol. The van der Waals surface area contributed by atoms with E-state index in [1.54, 1.807) is 0 Å². The lowest BCUT2D eigenvalue weighted by Crippen LogP contribution is -2.21. The largest absolute Gasteiger partial charge is 0.490 e. The topological polar surface area (TPSA) is 101 Å². The third kappa shape index (κ3) is 7.40. The van der Waals surface area contributed by atoms with E-state index < -0.39 is 0 Å². The highest BCUT2D eigenvalue weighted by molar-refractivity contribution is 7.21. The van der Waals surface area contributed by atoms with E-state index in [1.807, 2.05) is 54.6 Å². The van der Waals surface area contributed by atoms with E-state index in [0.717, 1.165) is 34.7 Å². The molecule has 0 fully saturated rings. The van der Waals surface area contributed by atoms with Crippen molar-refractivity contribution in [3.63, 3.8) is 0 Å². The summed E-state index contributed by atoms with van der Waals surface area (Å²) in [5.41, 5.74) is 4.21. The number of nitrogens with zero attached hydrogens (tertiary/aromatic N) is 6. The summed E-state index contributed by atoms with van der Waals surface area (Å²) in [7, 11) is 0. The number of carbonyl (C=O) groups excluding carboxylic acids is 1. The zero-order valence-corrected chi connectivity index (χ0v) is 21.8. The van der Waals surface area contributed by atoms with Crippen LogP contribution in [0.3, 0.4) is 0 Å². The van der Waals surface area contributed by atoms with Gasteiger partial charge in [-0.05, 0) is 80.6 Å². The molecular formula is C27H28N6O3S. The summed E-state index contributed by atoms with van der Waals surface area (Å²) < 4.78 is 11.4. The van der Waals surface area contributed by atoms with E-state index in [-0.39, 0.29) is 19.2 Å². The third-order valence-corrected chi connectivity index (χ3v) is 6.27. The second-order valence-corrected chi connectivity index (χ2v) is 8.93. The van der Waals surface area contributed by atoms with E-state index in [1.165, 1.54) is 23.9 Å². The van der Waals surface area contributed by atoms with Crippen molar-refractivity contribution in [2.24, 2.45) is 20.5 Å². The number of anilines is 1. The zero-order chi connectivity index (χ0) is 26.0. The SMILES string of the molecule is CCN(CC)c1ccc(/N=N/c2ccc(/N=N/c3nc4ccc(OCCOC(C)=O)cc4s3)cc2)cc1. The van der Waals surface area contributed by atoms with Crippen LogP contribution < -0.4 is 9.64 Å². The van der Waals surface area contributed by atoms with Crippen molar-refractivity contribution < 1.29 is 14.3 Å². The molecule has 3 aromatic carbocycles. The number of rotatable bonds is 11. The van der Waals surface area contributed by atoms with Gasteiger partial charge in [0.15, 0.2) is 0 Å². The van der Waals surface area contributed by atoms with Crippen molar-refractivity contribution in [2.75, 3.05) is 31.2 Å². The number of thiazole rings is 1. The van der Waals surface area contributed by atoms with Gasteiger partial charge < -0.3 is 14.4 Å². The molecule has 0 aliphatic rings. The molecule has 190 valence electrons. The monoisotopic (exact) mass is 516 g/mol. The van der Waals surface area contributed by atoms with E-state index in [2.05, 4.69) is 56.3 Å². The molecule has 0 N–H and O–H groups in total. The van der Waals surface area contributed by atoms with Crippen LogP contribution in [0.2, 0.25) is 0 Å². The van der Waals surface area contributed by atoms with E-state index in [0.29, 0.717) is 16.6 Å². The number of carbonyl (C=O) groups is 1. The third-order valence-electron chi connectivity index (χ3n) is 5.37. The second kappa shape index (κ2) is 12.7. The molecule has 4 rings (SSSR count). The highest BCUT2D eigenvalue weighted by Gasteiger charge is 2.06. The molecule has 0 atom stereocenters. The Bertz CT molecular complexity index is 1380. The quantitative estimate of drug-likeness (QED) is 0.114. The first-order valence-electron chi connectivity index (χ1n) is 12.0. The van der Waals surface area contributed by atoms with Gasteiger partial charge in [0.25, 0.3) is 0 Å². The molecule has 0 bridgehead atoms. The predicted octanol–water partition coefficient (Wildman–Crippen LogP) is 7.92. The van der Waals surface area contributed by atoms with Crippen LogP contribution in [0.4, 0.5) is 27.9 Å². The number of azo groups is 2. The summed E-state index contributed by atoms with van der Waals surface area (Å²) in [4.78, 5) is 17.6. The van der Waals surface area contributed by atoms with Gasteiger partial charge in [-0.2, -0.15) is 10.2 Å². The molecule has 0 radical (unpaired) electrons. The van der Waals surface area contributed by atoms with Crippen LogP contribution in [0.15, 0.2) is 87.2 Å². The van der Waals surface area contributed by atoms with Crippen molar-refractivity contribution in [1.29, 1.82) is 0 Å². The molecule has 37 heavy (non-hydrogen) atoms. The van der Waals surface area contributed by atoms with Crippen LogP contribution in [0.1, 0.15) is 20.8 Å². The Kier molecular flexibility index (Phi) is 8.88. The average Bonchev–Trinajstić information content (AvgIpc) is 3.33. The molecule has 0 saturated heterocycles. The summed E-state index contributed by atoms with van der Waals surface area (Å²) in [6, 6.07) is 21.0. The van der Waals surface area contributed by atoms with Crippen LogP contribution in [0.25, 0.3) is 10.2 Å². The van der Waals surface area contributed by atoms with Gasteiger partial charge in [-0.3, -0.25) is 4.79 Å². The average molecular weight is 517 g/mol. The summed E-state index contributed by atoms with van der Waals surface area (Å²) in [6.07, 6.45) is 0. The first-order chi connectivity index (χ1) is 18.0. The van der Waals surface area contributed by atoms with Gasteiger partial charge in [-0.15, -0.1) is 10.2 Å². The van der Waals surface area contributed by atoms with Crippen molar-refractivity contribution >= 4 is 55.4 Å². The van der Waals surface area contributed by atoms with Crippen molar-refractivity contribution in [3.05, 3.63) is 66.7 Å². The van der Waals surface area contributed by atoms with Crippen LogP contribution >= 0.6 is 11.3 Å². The van der Waals surface area contributed by atoms with Crippen LogP contribution in [-0.2, 0) is 9.53 Å². The molecule has 4 aromatic rings. The molecular weight excluding hydrogens is 488 g/mol. The number of hydrogen-bond donors (Lipinski definition) is 0. The number of fused-ring (bicyclic) bond motifs is 1. The van der Waals surface area contributed by atoms with Crippen molar-refractivity contribution in [3.8, 4) is 5.75 Å². The van der Waals surface area contributed by atoms with Crippen molar-refractivity contribution in [2.45, 2.75) is 20.8 Å². The number of ether oxygens (including phenoxy) is 2. The highest BCUT2D eigenvalue weighted by atomic mass is 32.1. The van der Waals surface area contributed by atoms with Crippen molar-refractivity contribution in [1.82, 2.24) is 4.98 Å². The molecule has 0 saturated carbocycles. The molecule has 0 unspecified atom stereocenters. The Morgan fingerprint density at radius 3 is 2.03 bits per heavy atom. The highest BCUT2D eigenvalue weighted by Crippen LogP contribution is 2.32. The first-order valence-corrected chi connectivity index (χ1v) is 12.8. The van der Waals surface area contributed by atoms with E-state index in [4.69, 9.17) is 9.47 Å². The molecule has 1 heterocycles. The fourth-order valence-corrected chi connectivity index (χ4v) is 4.31. The maximum atomic E-state index is 10.8.